The molecule has 132 valence electrons. The summed E-state index contributed by atoms with van der Waals surface area (Å²) in [5, 5.41) is 11.2. The van der Waals surface area contributed by atoms with E-state index in [0.717, 1.165) is 25.8 Å². The zero-order chi connectivity index (χ0) is 17.2. The van der Waals surface area contributed by atoms with Crippen molar-refractivity contribution in [3.8, 4) is 0 Å². The molecule has 0 aromatic heterocycles. The molecule has 4 N–H and O–H groups in total. The van der Waals surface area contributed by atoms with Gasteiger partial charge in [-0.3, -0.25) is 14.4 Å². The maximum atomic E-state index is 12.3. The minimum atomic E-state index is -0.608. The van der Waals surface area contributed by atoms with Crippen LogP contribution in [0.1, 0.15) is 46.5 Å². The summed E-state index contributed by atoms with van der Waals surface area (Å²) in [6.07, 6.45) is 3.15. The van der Waals surface area contributed by atoms with Crippen LogP contribution in [0.5, 0.6) is 0 Å². The highest BCUT2D eigenvalue weighted by Crippen LogP contribution is 2.08. The van der Waals surface area contributed by atoms with Gasteiger partial charge in [0.15, 0.2) is 0 Å². The zero-order valence-corrected chi connectivity index (χ0v) is 14.4. The second kappa shape index (κ2) is 10.2. The first-order chi connectivity index (χ1) is 10.9. The molecule has 1 saturated heterocycles. The second-order valence-electron chi connectivity index (χ2n) is 6.41. The Labute approximate surface area is 138 Å². The van der Waals surface area contributed by atoms with Gasteiger partial charge in [0.2, 0.25) is 17.7 Å². The van der Waals surface area contributed by atoms with Crippen molar-refractivity contribution in [1.82, 2.24) is 21.3 Å². The minimum absolute atomic E-state index is 0.0645. The lowest BCUT2D eigenvalue weighted by Crippen LogP contribution is -2.53. The molecule has 1 fully saturated rings. The standard InChI is InChI=1S/C16H30N4O3/c1-4-7-18-14(21)10-19-15(22)13(9-11(2)3)20-16(23)12-6-5-8-17-12/h11-13,17H,4-10H2,1-3H3,(H,18,21)(H,19,22)(H,20,23)/t12-,13-/m0/s1. The molecule has 0 bridgehead atoms. The summed E-state index contributed by atoms with van der Waals surface area (Å²) >= 11 is 0. The lowest BCUT2D eigenvalue weighted by atomic mass is 10.0. The molecule has 0 radical (unpaired) electrons. The normalized spacial score (nSPS) is 18.5. The van der Waals surface area contributed by atoms with E-state index in [0.29, 0.717) is 13.0 Å². The molecule has 0 unspecified atom stereocenters. The molecule has 1 heterocycles. The van der Waals surface area contributed by atoms with Gasteiger partial charge >= 0.3 is 0 Å². The molecule has 1 aliphatic heterocycles. The maximum absolute atomic E-state index is 12.3. The lowest BCUT2D eigenvalue weighted by molar-refractivity contribution is -0.131. The minimum Gasteiger partial charge on any atom is -0.355 e. The van der Waals surface area contributed by atoms with Crippen LogP contribution in [-0.4, -0.2) is 49.4 Å². The number of hydrogen-bond donors (Lipinski definition) is 4. The third kappa shape index (κ3) is 7.45. The van der Waals surface area contributed by atoms with Crippen LogP contribution in [0.25, 0.3) is 0 Å². The van der Waals surface area contributed by atoms with Gasteiger partial charge in [-0.2, -0.15) is 0 Å². The Bertz CT molecular complexity index is 406. The number of carbonyl (C=O) groups excluding carboxylic acids is 3. The Morgan fingerprint density at radius 1 is 1.22 bits per heavy atom. The average molecular weight is 326 g/mol. The predicted octanol–water partition coefficient (Wildman–Crippen LogP) is -0.0883. The molecule has 0 spiro atoms. The summed E-state index contributed by atoms with van der Waals surface area (Å²) in [5.74, 6) is -0.404. The van der Waals surface area contributed by atoms with Crippen LogP contribution in [0.4, 0.5) is 0 Å². The fraction of sp³-hybridized carbons (Fsp3) is 0.812. The van der Waals surface area contributed by atoms with Gasteiger partial charge in [0.1, 0.15) is 6.04 Å². The summed E-state index contributed by atoms with van der Waals surface area (Å²) in [5.41, 5.74) is 0. The Kier molecular flexibility index (Phi) is 8.61. The van der Waals surface area contributed by atoms with Gasteiger partial charge in [0, 0.05) is 6.54 Å². The van der Waals surface area contributed by atoms with Gasteiger partial charge in [-0.15, -0.1) is 0 Å². The van der Waals surface area contributed by atoms with E-state index in [1.807, 2.05) is 20.8 Å². The van der Waals surface area contributed by atoms with Crippen LogP contribution in [0.15, 0.2) is 0 Å². The van der Waals surface area contributed by atoms with E-state index in [4.69, 9.17) is 0 Å². The number of nitrogens with one attached hydrogen (secondary N) is 4. The van der Waals surface area contributed by atoms with E-state index in [1.54, 1.807) is 0 Å². The second-order valence-corrected chi connectivity index (χ2v) is 6.41. The summed E-state index contributed by atoms with van der Waals surface area (Å²) in [7, 11) is 0. The molecule has 0 aliphatic carbocycles. The Balaban J connectivity index is 2.49. The summed E-state index contributed by atoms with van der Waals surface area (Å²) in [6, 6.07) is -0.825. The lowest BCUT2D eigenvalue weighted by Gasteiger charge is -2.22. The number of hydrogen-bond acceptors (Lipinski definition) is 4. The van der Waals surface area contributed by atoms with Crippen molar-refractivity contribution in [3.63, 3.8) is 0 Å². The Hall–Kier alpha value is -1.63. The fourth-order valence-corrected chi connectivity index (χ4v) is 2.50. The topological polar surface area (TPSA) is 99.3 Å². The maximum Gasteiger partial charge on any atom is 0.243 e. The van der Waals surface area contributed by atoms with Crippen LogP contribution in [0.3, 0.4) is 0 Å². The molecule has 0 aromatic rings. The van der Waals surface area contributed by atoms with Crippen molar-refractivity contribution in [2.24, 2.45) is 5.92 Å². The van der Waals surface area contributed by atoms with Crippen molar-refractivity contribution in [3.05, 3.63) is 0 Å². The molecule has 7 nitrogen and oxygen atoms in total. The van der Waals surface area contributed by atoms with E-state index in [1.165, 1.54) is 0 Å². The fourth-order valence-electron chi connectivity index (χ4n) is 2.50. The van der Waals surface area contributed by atoms with Crippen molar-refractivity contribution < 1.29 is 14.4 Å². The summed E-state index contributed by atoms with van der Waals surface area (Å²) < 4.78 is 0. The third-order valence-corrected chi connectivity index (χ3v) is 3.71. The molecule has 0 saturated carbocycles. The predicted molar refractivity (Wildman–Crippen MR) is 88.7 cm³/mol. The van der Waals surface area contributed by atoms with Crippen LogP contribution in [0.2, 0.25) is 0 Å². The van der Waals surface area contributed by atoms with Crippen molar-refractivity contribution in [2.75, 3.05) is 19.6 Å². The monoisotopic (exact) mass is 326 g/mol. The van der Waals surface area contributed by atoms with Gasteiger partial charge in [-0.1, -0.05) is 20.8 Å². The molecule has 3 amide bonds. The third-order valence-electron chi connectivity index (χ3n) is 3.71. The van der Waals surface area contributed by atoms with Gasteiger partial charge in [-0.05, 0) is 38.1 Å². The van der Waals surface area contributed by atoms with E-state index >= 15 is 0 Å². The number of carbonyl (C=O) groups is 3. The van der Waals surface area contributed by atoms with Gasteiger partial charge < -0.3 is 21.3 Å². The molecule has 1 rings (SSSR count). The van der Waals surface area contributed by atoms with Crippen LogP contribution in [0, 0.1) is 5.92 Å². The molecule has 7 heteroatoms. The zero-order valence-electron chi connectivity index (χ0n) is 14.4. The van der Waals surface area contributed by atoms with Gasteiger partial charge in [-0.25, -0.2) is 0 Å². The summed E-state index contributed by atoms with van der Waals surface area (Å²) in [4.78, 5) is 36.0. The van der Waals surface area contributed by atoms with E-state index in [-0.39, 0.29) is 36.2 Å². The van der Waals surface area contributed by atoms with Crippen LogP contribution >= 0.6 is 0 Å². The number of amides is 3. The molecule has 1 aliphatic rings. The SMILES string of the molecule is CCCNC(=O)CNC(=O)[C@H](CC(C)C)NC(=O)[C@@H]1CCCN1. The van der Waals surface area contributed by atoms with E-state index < -0.39 is 6.04 Å². The Morgan fingerprint density at radius 2 is 1.96 bits per heavy atom. The van der Waals surface area contributed by atoms with Crippen molar-refractivity contribution in [1.29, 1.82) is 0 Å². The van der Waals surface area contributed by atoms with Crippen molar-refractivity contribution >= 4 is 17.7 Å². The van der Waals surface area contributed by atoms with Gasteiger partial charge in [0.25, 0.3) is 0 Å². The van der Waals surface area contributed by atoms with E-state index in [9.17, 15) is 14.4 Å². The highest BCUT2D eigenvalue weighted by Gasteiger charge is 2.27. The first kappa shape index (κ1) is 19.4. The first-order valence-electron chi connectivity index (χ1n) is 8.52. The highest BCUT2D eigenvalue weighted by atomic mass is 16.2. The molecule has 0 aromatic carbocycles. The highest BCUT2D eigenvalue weighted by molar-refractivity contribution is 5.91. The summed E-state index contributed by atoms with van der Waals surface area (Å²) in [6.45, 7) is 7.31. The largest absolute Gasteiger partial charge is 0.355 e. The quantitative estimate of drug-likeness (QED) is 0.476. The first-order valence-corrected chi connectivity index (χ1v) is 8.52. The molecular weight excluding hydrogens is 296 g/mol. The Morgan fingerprint density at radius 3 is 2.52 bits per heavy atom. The average Bonchev–Trinajstić information content (AvgIpc) is 3.03. The smallest absolute Gasteiger partial charge is 0.243 e. The van der Waals surface area contributed by atoms with Crippen LogP contribution < -0.4 is 21.3 Å². The molecular formula is C16H30N4O3. The van der Waals surface area contributed by atoms with Gasteiger partial charge in [0.05, 0.1) is 12.6 Å². The molecule has 23 heavy (non-hydrogen) atoms. The number of rotatable bonds is 9. The van der Waals surface area contributed by atoms with Crippen LogP contribution in [-0.2, 0) is 14.4 Å². The van der Waals surface area contributed by atoms with E-state index in [2.05, 4.69) is 21.3 Å². The molecule has 2 atom stereocenters. The van der Waals surface area contributed by atoms with Crippen molar-refractivity contribution in [2.45, 2.75) is 58.5 Å².